The summed E-state index contributed by atoms with van der Waals surface area (Å²) < 4.78 is 40.5. The molecule has 3 aromatic rings. The van der Waals surface area contributed by atoms with Crippen LogP contribution in [0.1, 0.15) is 23.0 Å². The first-order valence-electron chi connectivity index (χ1n) is 12.4. The van der Waals surface area contributed by atoms with E-state index in [1.807, 2.05) is 17.0 Å². The Hall–Kier alpha value is -2.57. The van der Waals surface area contributed by atoms with Gasteiger partial charge in [-0.3, -0.25) is 9.69 Å². The van der Waals surface area contributed by atoms with E-state index in [2.05, 4.69) is 25.5 Å². The Kier molecular flexibility index (Phi) is 7.74. The number of piperazine rings is 1. The van der Waals surface area contributed by atoms with Gasteiger partial charge in [-0.1, -0.05) is 23.2 Å². The Labute approximate surface area is 227 Å². The van der Waals surface area contributed by atoms with Gasteiger partial charge in [0.1, 0.15) is 11.9 Å². The van der Waals surface area contributed by atoms with Crippen LogP contribution < -0.4 is 21.3 Å². The second-order valence-electron chi connectivity index (χ2n) is 9.48. The number of halogens is 5. The molecule has 1 aromatic carbocycles. The van der Waals surface area contributed by atoms with Gasteiger partial charge >= 0.3 is 6.18 Å². The first-order chi connectivity index (χ1) is 18.2. The van der Waals surface area contributed by atoms with Gasteiger partial charge in [-0.05, 0) is 42.3 Å². The third-order valence-corrected chi connectivity index (χ3v) is 7.61. The molecular weight excluding hydrogens is 542 g/mol. The van der Waals surface area contributed by atoms with Gasteiger partial charge in [0.05, 0.1) is 11.1 Å². The summed E-state index contributed by atoms with van der Waals surface area (Å²) in [5.41, 5.74) is 7.26. The fourth-order valence-electron chi connectivity index (χ4n) is 5.38. The number of H-pyrrole nitrogens is 1. The lowest BCUT2D eigenvalue weighted by Gasteiger charge is -2.43. The number of hydrogen-bond donors (Lipinski definition) is 4. The van der Waals surface area contributed by atoms with E-state index in [0.717, 1.165) is 22.2 Å². The molecule has 0 bridgehead atoms. The molecule has 2 aliphatic heterocycles. The Morgan fingerprint density at radius 3 is 2.79 bits per heavy atom. The van der Waals surface area contributed by atoms with Gasteiger partial charge < -0.3 is 26.3 Å². The van der Waals surface area contributed by atoms with Crippen molar-refractivity contribution in [2.45, 2.75) is 24.7 Å². The summed E-state index contributed by atoms with van der Waals surface area (Å²) in [6, 6.07) is 7.48. The summed E-state index contributed by atoms with van der Waals surface area (Å²) >= 11 is 12.1. The van der Waals surface area contributed by atoms with Gasteiger partial charge in [-0.15, -0.1) is 0 Å². The van der Waals surface area contributed by atoms with Crippen LogP contribution in [-0.4, -0.2) is 72.6 Å². The third-order valence-electron chi connectivity index (χ3n) is 7.07. The molecule has 1 amide bonds. The van der Waals surface area contributed by atoms with E-state index in [1.54, 1.807) is 6.07 Å². The molecule has 0 spiro atoms. The highest BCUT2D eigenvalue weighted by molar-refractivity contribution is 6.31. The number of benzene rings is 1. The molecule has 0 saturated carbocycles. The van der Waals surface area contributed by atoms with Gasteiger partial charge in [0.25, 0.3) is 0 Å². The van der Waals surface area contributed by atoms with Crippen molar-refractivity contribution in [3.63, 3.8) is 0 Å². The summed E-state index contributed by atoms with van der Waals surface area (Å²) in [6.45, 7) is 3.22. The minimum absolute atomic E-state index is 0.187. The molecular formula is C25H28Cl2F3N7O. The molecule has 204 valence electrons. The number of anilines is 1. The predicted molar refractivity (Wildman–Crippen MR) is 142 cm³/mol. The normalized spacial score (nSPS) is 20.5. The second kappa shape index (κ2) is 10.9. The number of rotatable bonds is 6. The minimum atomic E-state index is -4.66. The number of carbonyl (C=O) groups excluding carboxylic acids is 1. The Balaban J connectivity index is 1.47. The quantitative estimate of drug-likeness (QED) is 0.363. The number of amides is 1. The fraction of sp³-hybridized carbons (Fsp3) is 0.440. The van der Waals surface area contributed by atoms with E-state index in [9.17, 15) is 18.0 Å². The molecule has 2 atom stereocenters. The maximum absolute atomic E-state index is 13.5. The Bertz CT molecular complexity index is 1330. The summed E-state index contributed by atoms with van der Waals surface area (Å²) in [5, 5.41) is 7.39. The molecule has 2 aliphatic rings. The van der Waals surface area contributed by atoms with E-state index in [-0.39, 0.29) is 17.8 Å². The van der Waals surface area contributed by atoms with Crippen LogP contribution in [-0.2, 0) is 17.4 Å². The number of hydrogen-bond acceptors (Lipinski definition) is 6. The van der Waals surface area contributed by atoms with Crippen LogP contribution in [0.15, 0.2) is 30.3 Å². The molecule has 8 nitrogen and oxygen atoms in total. The highest BCUT2D eigenvalue weighted by atomic mass is 35.5. The average Bonchev–Trinajstić information content (AvgIpc) is 3.25. The highest BCUT2D eigenvalue weighted by Gasteiger charge is 2.39. The standard InChI is InChI=1S/C25H28Cl2F3N7O/c26-14-1-3-19-17(11-14)16-5-9-36(22(21(16)34-19)24(38)33-7-6-31)13-15-12-32-8-10-37(15)20-4-2-18(27)23(35-20)25(28,29)30/h1-4,11,15,22,32,34H,5-10,12-13,31H2,(H,33,38). The van der Waals surface area contributed by atoms with Crippen molar-refractivity contribution in [2.24, 2.45) is 5.73 Å². The lowest BCUT2D eigenvalue weighted by Crippen LogP contribution is -2.58. The van der Waals surface area contributed by atoms with E-state index >= 15 is 0 Å². The zero-order chi connectivity index (χ0) is 27.0. The molecule has 0 radical (unpaired) electrons. The van der Waals surface area contributed by atoms with E-state index in [4.69, 9.17) is 28.9 Å². The second-order valence-corrected chi connectivity index (χ2v) is 10.3. The average molecular weight is 570 g/mol. The lowest BCUT2D eigenvalue weighted by atomic mass is 9.95. The molecule has 4 heterocycles. The van der Waals surface area contributed by atoms with E-state index < -0.39 is 22.9 Å². The van der Waals surface area contributed by atoms with E-state index in [1.165, 1.54) is 12.1 Å². The van der Waals surface area contributed by atoms with Crippen LogP contribution in [0.3, 0.4) is 0 Å². The lowest BCUT2D eigenvalue weighted by molar-refractivity contribution is -0.141. The smallest absolute Gasteiger partial charge is 0.356 e. The molecule has 5 N–H and O–H groups in total. The monoisotopic (exact) mass is 569 g/mol. The van der Waals surface area contributed by atoms with Crippen molar-refractivity contribution in [1.29, 1.82) is 0 Å². The number of nitrogens with zero attached hydrogens (tertiary/aromatic N) is 3. The molecule has 38 heavy (non-hydrogen) atoms. The summed E-state index contributed by atoms with van der Waals surface area (Å²) in [5.74, 6) is 0.0173. The number of alkyl halides is 3. The zero-order valence-corrected chi connectivity index (χ0v) is 21.9. The number of nitrogens with one attached hydrogen (secondary N) is 3. The molecule has 1 saturated heterocycles. The summed E-state index contributed by atoms with van der Waals surface area (Å²) in [7, 11) is 0. The van der Waals surface area contributed by atoms with Crippen molar-refractivity contribution in [2.75, 3.05) is 50.7 Å². The van der Waals surface area contributed by atoms with Gasteiger partial charge in [-0.2, -0.15) is 13.2 Å². The van der Waals surface area contributed by atoms with Gasteiger partial charge in [0.15, 0.2) is 5.69 Å². The SMILES string of the molecule is NCCNC(=O)C1c2[nH]c3ccc(Cl)cc3c2CCN1CC1CNCCN1c1ccc(Cl)c(C(F)(F)F)n1. The molecule has 2 unspecified atom stereocenters. The topological polar surface area (TPSA) is 102 Å². The number of nitrogens with two attached hydrogens (primary N) is 1. The minimum Gasteiger partial charge on any atom is -0.356 e. The van der Waals surface area contributed by atoms with Crippen molar-refractivity contribution in [3.8, 4) is 0 Å². The largest absolute Gasteiger partial charge is 0.434 e. The third kappa shape index (κ3) is 5.30. The van der Waals surface area contributed by atoms with Crippen molar-refractivity contribution < 1.29 is 18.0 Å². The van der Waals surface area contributed by atoms with Gasteiger partial charge in [0, 0.05) is 67.4 Å². The molecule has 2 aromatic heterocycles. The van der Waals surface area contributed by atoms with Crippen LogP contribution in [0.5, 0.6) is 0 Å². The fourth-order valence-corrected chi connectivity index (χ4v) is 5.77. The number of aromatic nitrogens is 2. The Morgan fingerprint density at radius 2 is 2.03 bits per heavy atom. The first-order valence-corrected chi connectivity index (χ1v) is 13.2. The zero-order valence-electron chi connectivity index (χ0n) is 20.4. The number of carbonyl (C=O) groups is 1. The van der Waals surface area contributed by atoms with Crippen LogP contribution in [0, 0.1) is 0 Å². The summed E-state index contributed by atoms with van der Waals surface area (Å²) in [6.07, 6.45) is -3.97. The van der Waals surface area contributed by atoms with Gasteiger partial charge in [0.2, 0.25) is 5.91 Å². The predicted octanol–water partition coefficient (Wildman–Crippen LogP) is 3.34. The Morgan fingerprint density at radius 1 is 1.21 bits per heavy atom. The van der Waals surface area contributed by atoms with Crippen molar-refractivity contribution in [3.05, 3.63) is 57.3 Å². The first kappa shape index (κ1) is 27.0. The van der Waals surface area contributed by atoms with Crippen LogP contribution in [0.25, 0.3) is 10.9 Å². The van der Waals surface area contributed by atoms with Crippen molar-refractivity contribution in [1.82, 2.24) is 25.5 Å². The maximum Gasteiger partial charge on any atom is 0.434 e. The summed E-state index contributed by atoms with van der Waals surface area (Å²) in [4.78, 5) is 24.7. The maximum atomic E-state index is 13.5. The van der Waals surface area contributed by atoms with Crippen molar-refractivity contribution >= 4 is 45.8 Å². The van der Waals surface area contributed by atoms with Gasteiger partial charge in [-0.25, -0.2) is 4.98 Å². The molecule has 1 fully saturated rings. The van der Waals surface area contributed by atoms with Crippen LogP contribution in [0.4, 0.5) is 19.0 Å². The molecule has 13 heteroatoms. The highest BCUT2D eigenvalue weighted by Crippen LogP contribution is 2.37. The number of aromatic amines is 1. The molecule has 5 rings (SSSR count). The van der Waals surface area contributed by atoms with Crippen LogP contribution >= 0.6 is 23.2 Å². The van der Waals surface area contributed by atoms with E-state index in [0.29, 0.717) is 57.3 Å². The van der Waals surface area contributed by atoms with Crippen LogP contribution in [0.2, 0.25) is 10.0 Å². The number of fused-ring (bicyclic) bond motifs is 3. The number of pyridine rings is 1. The molecule has 0 aliphatic carbocycles.